The van der Waals surface area contributed by atoms with E-state index in [9.17, 15) is 8.42 Å². The lowest BCUT2D eigenvalue weighted by Crippen LogP contribution is -2.36. The molecule has 0 aliphatic carbocycles. The molecule has 2 rings (SSSR count). The molecule has 0 amide bonds. The molecular weight excluding hydrogens is 348 g/mol. The Morgan fingerprint density at radius 1 is 1.37 bits per heavy atom. The van der Waals surface area contributed by atoms with Crippen LogP contribution in [-0.2, 0) is 16.4 Å². The van der Waals surface area contributed by atoms with Crippen molar-refractivity contribution in [3.05, 3.63) is 20.8 Å². The first-order valence-corrected chi connectivity index (χ1v) is 9.73. The molecule has 1 aromatic heterocycles. The van der Waals surface area contributed by atoms with Crippen molar-refractivity contribution in [2.75, 3.05) is 25.4 Å². The molecule has 19 heavy (non-hydrogen) atoms. The van der Waals surface area contributed by atoms with Crippen molar-refractivity contribution < 1.29 is 8.42 Å². The Labute approximate surface area is 127 Å². The van der Waals surface area contributed by atoms with Crippen LogP contribution in [0.2, 0.25) is 0 Å². The molecule has 1 saturated heterocycles. The van der Waals surface area contributed by atoms with E-state index in [0.29, 0.717) is 12.5 Å². The van der Waals surface area contributed by atoms with Crippen molar-refractivity contribution in [2.24, 2.45) is 5.92 Å². The third kappa shape index (κ3) is 5.51. The Morgan fingerprint density at radius 2 is 2.11 bits per heavy atom. The Balaban J connectivity index is 1.74. The van der Waals surface area contributed by atoms with Crippen molar-refractivity contribution in [2.45, 2.75) is 19.3 Å². The van der Waals surface area contributed by atoms with E-state index >= 15 is 0 Å². The van der Waals surface area contributed by atoms with Gasteiger partial charge in [0.05, 0.1) is 9.54 Å². The minimum atomic E-state index is -3.13. The molecule has 0 radical (unpaired) electrons. The molecule has 108 valence electrons. The summed E-state index contributed by atoms with van der Waals surface area (Å²) in [6.07, 6.45) is 2.67. The second kappa shape index (κ2) is 7.17. The summed E-state index contributed by atoms with van der Waals surface area (Å²) in [5.41, 5.74) is 0. The van der Waals surface area contributed by atoms with Gasteiger partial charge < -0.3 is 5.32 Å². The average molecular weight is 367 g/mol. The van der Waals surface area contributed by atoms with Gasteiger partial charge in [-0.2, -0.15) is 0 Å². The first-order valence-electron chi connectivity index (χ1n) is 6.47. The summed E-state index contributed by atoms with van der Waals surface area (Å²) >= 11 is 5.05. The van der Waals surface area contributed by atoms with Crippen LogP contribution >= 0.6 is 27.3 Å². The van der Waals surface area contributed by atoms with E-state index in [4.69, 9.17) is 0 Å². The van der Waals surface area contributed by atoms with Crippen LogP contribution in [0.25, 0.3) is 0 Å². The van der Waals surface area contributed by atoms with Crippen molar-refractivity contribution in [3.63, 3.8) is 0 Å². The van der Waals surface area contributed by atoms with E-state index in [0.717, 1.165) is 36.1 Å². The number of thiophene rings is 1. The normalized spacial score (nSPS) is 17.7. The Kier molecular flexibility index (Phi) is 5.83. The molecule has 0 unspecified atom stereocenters. The topological polar surface area (TPSA) is 58.2 Å². The summed E-state index contributed by atoms with van der Waals surface area (Å²) in [5, 5.41) is 3.25. The Bertz CT molecular complexity index is 496. The molecule has 1 aliphatic heterocycles. The van der Waals surface area contributed by atoms with E-state index in [2.05, 4.69) is 26.0 Å². The van der Waals surface area contributed by atoms with Crippen molar-refractivity contribution in [3.8, 4) is 0 Å². The number of hydrogen-bond donors (Lipinski definition) is 2. The highest BCUT2D eigenvalue weighted by molar-refractivity contribution is 9.11. The minimum absolute atomic E-state index is 0.267. The molecule has 0 bridgehead atoms. The zero-order chi connectivity index (χ0) is 13.7. The summed E-state index contributed by atoms with van der Waals surface area (Å²) in [5.74, 6) is 0.567. The second-order valence-corrected chi connectivity index (χ2v) is 9.22. The lowest BCUT2D eigenvalue weighted by molar-refractivity contribution is 0.400. The predicted octanol–water partition coefficient (Wildman–Crippen LogP) is 1.97. The van der Waals surface area contributed by atoms with Crippen LogP contribution < -0.4 is 10.0 Å². The molecular formula is C12H19BrN2O2S2. The van der Waals surface area contributed by atoms with Gasteiger partial charge in [-0.15, -0.1) is 11.3 Å². The van der Waals surface area contributed by atoms with E-state index in [1.54, 1.807) is 11.3 Å². The van der Waals surface area contributed by atoms with Crippen LogP contribution in [-0.4, -0.2) is 33.8 Å². The number of rotatable bonds is 6. The van der Waals surface area contributed by atoms with Crippen molar-refractivity contribution in [1.29, 1.82) is 0 Å². The molecule has 1 fully saturated rings. The molecule has 0 aromatic carbocycles. The van der Waals surface area contributed by atoms with Crippen LogP contribution in [0.15, 0.2) is 15.9 Å². The Morgan fingerprint density at radius 3 is 2.74 bits per heavy atom. The van der Waals surface area contributed by atoms with Gasteiger partial charge in [0.1, 0.15) is 0 Å². The lowest BCUT2D eigenvalue weighted by Gasteiger charge is -2.22. The number of sulfonamides is 1. The number of halogens is 1. The quantitative estimate of drug-likeness (QED) is 0.808. The van der Waals surface area contributed by atoms with Crippen LogP contribution in [0.5, 0.6) is 0 Å². The smallest absolute Gasteiger partial charge is 0.211 e. The lowest BCUT2D eigenvalue weighted by atomic mass is 10.0. The molecule has 0 spiro atoms. The molecule has 2 heterocycles. The fourth-order valence-electron chi connectivity index (χ4n) is 2.23. The monoisotopic (exact) mass is 366 g/mol. The molecule has 1 aliphatic rings. The summed E-state index contributed by atoms with van der Waals surface area (Å²) < 4.78 is 27.7. The molecule has 7 heteroatoms. The molecule has 0 atom stereocenters. The van der Waals surface area contributed by atoms with Crippen LogP contribution in [0.3, 0.4) is 0 Å². The predicted molar refractivity (Wildman–Crippen MR) is 83.1 cm³/mol. The largest absolute Gasteiger partial charge is 0.317 e. The zero-order valence-electron chi connectivity index (χ0n) is 10.7. The van der Waals surface area contributed by atoms with Gasteiger partial charge in [-0.3, -0.25) is 0 Å². The first kappa shape index (κ1) is 15.4. The van der Waals surface area contributed by atoms with Gasteiger partial charge in [-0.1, -0.05) is 0 Å². The average Bonchev–Trinajstić information content (AvgIpc) is 2.75. The summed E-state index contributed by atoms with van der Waals surface area (Å²) in [4.78, 5) is 1.19. The van der Waals surface area contributed by atoms with Gasteiger partial charge >= 0.3 is 0 Å². The van der Waals surface area contributed by atoms with Gasteiger partial charge in [0.25, 0.3) is 0 Å². The number of nitrogens with one attached hydrogen (secondary N) is 2. The van der Waals surface area contributed by atoms with Gasteiger partial charge in [0.15, 0.2) is 0 Å². The standard InChI is InChI=1S/C12H19BrN2O2S2/c13-12-2-1-11(18-12)5-8-15-19(16,17)9-10-3-6-14-7-4-10/h1-2,10,14-15H,3-9H2. The number of piperidine rings is 1. The maximum absolute atomic E-state index is 12.0. The third-order valence-corrected chi connectivity index (χ3v) is 6.47. The summed E-state index contributed by atoms with van der Waals surface area (Å²) in [6.45, 7) is 2.35. The van der Waals surface area contributed by atoms with Crippen molar-refractivity contribution in [1.82, 2.24) is 10.0 Å². The summed E-state index contributed by atoms with van der Waals surface area (Å²) in [7, 11) is -3.13. The summed E-state index contributed by atoms with van der Waals surface area (Å²) in [6, 6.07) is 4.01. The molecule has 0 saturated carbocycles. The SMILES string of the molecule is O=S(=O)(CC1CCNCC1)NCCc1ccc(Br)s1. The second-order valence-electron chi connectivity index (χ2n) is 4.82. The zero-order valence-corrected chi connectivity index (χ0v) is 13.9. The van der Waals surface area contributed by atoms with E-state index in [-0.39, 0.29) is 5.75 Å². The fraction of sp³-hybridized carbons (Fsp3) is 0.667. The maximum Gasteiger partial charge on any atom is 0.211 e. The Hall–Kier alpha value is 0.0500. The van der Waals surface area contributed by atoms with Gasteiger partial charge in [-0.05, 0) is 66.3 Å². The highest BCUT2D eigenvalue weighted by Gasteiger charge is 2.20. The minimum Gasteiger partial charge on any atom is -0.317 e. The van der Waals surface area contributed by atoms with E-state index in [1.807, 2.05) is 12.1 Å². The van der Waals surface area contributed by atoms with Crippen LogP contribution in [0.4, 0.5) is 0 Å². The molecule has 2 N–H and O–H groups in total. The van der Waals surface area contributed by atoms with Crippen LogP contribution in [0, 0.1) is 5.92 Å². The molecule has 4 nitrogen and oxygen atoms in total. The van der Waals surface area contributed by atoms with E-state index < -0.39 is 10.0 Å². The third-order valence-electron chi connectivity index (χ3n) is 3.24. The highest BCUT2D eigenvalue weighted by Crippen LogP contribution is 2.22. The van der Waals surface area contributed by atoms with Crippen LogP contribution in [0.1, 0.15) is 17.7 Å². The first-order chi connectivity index (χ1) is 9.05. The highest BCUT2D eigenvalue weighted by atomic mass is 79.9. The molecule has 1 aromatic rings. The van der Waals surface area contributed by atoms with Gasteiger partial charge in [-0.25, -0.2) is 13.1 Å². The van der Waals surface area contributed by atoms with Gasteiger partial charge in [0.2, 0.25) is 10.0 Å². The van der Waals surface area contributed by atoms with E-state index in [1.165, 1.54) is 4.88 Å². The van der Waals surface area contributed by atoms with Crippen molar-refractivity contribution >= 4 is 37.3 Å². The fourth-order valence-corrected chi connectivity index (χ4v) is 5.20. The number of hydrogen-bond acceptors (Lipinski definition) is 4. The van der Waals surface area contributed by atoms with Gasteiger partial charge in [0, 0.05) is 11.4 Å². The maximum atomic E-state index is 12.0.